The molecule has 0 amide bonds. The average Bonchev–Trinajstić information content (AvgIpc) is 3.69. The molecule has 60 heavy (non-hydrogen) atoms. The van der Waals surface area contributed by atoms with Crippen molar-refractivity contribution in [2.75, 3.05) is 4.90 Å². The van der Waals surface area contributed by atoms with Crippen LogP contribution in [-0.4, -0.2) is 4.57 Å². The summed E-state index contributed by atoms with van der Waals surface area (Å²) in [5, 5.41) is 4.33. The summed E-state index contributed by atoms with van der Waals surface area (Å²) in [7, 11) is 0. The first-order valence-electron chi connectivity index (χ1n) is 22.3. The molecule has 2 nitrogen and oxygen atoms in total. The molecule has 0 aliphatic carbocycles. The van der Waals surface area contributed by atoms with Crippen LogP contribution in [0.3, 0.4) is 0 Å². The normalized spacial score (nSPS) is 12.3. The van der Waals surface area contributed by atoms with Crippen LogP contribution in [0.25, 0.3) is 82.8 Å². The van der Waals surface area contributed by atoms with E-state index in [1.165, 1.54) is 5.39 Å². The molecule has 1 heterocycles. The second-order valence-electron chi connectivity index (χ2n) is 15.0. The lowest BCUT2D eigenvalue weighted by atomic mass is 9.98. The van der Waals surface area contributed by atoms with E-state index in [0.717, 1.165) is 71.9 Å². The van der Waals surface area contributed by atoms with E-state index in [1.807, 2.05) is 126 Å². The molecule has 0 atom stereocenters. The summed E-state index contributed by atoms with van der Waals surface area (Å²) in [5.74, 6) is 0. The van der Waals surface area contributed by atoms with Crippen molar-refractivity contribution < 1.29 is 5.48 Å². The minimum absolute atomic E-state index is 0.107. The van der Waals surface area contributed by atoms with Crippen molar-refractivity contribution in [1.29, 1.82) is 0 Å². The van der Waals surface area contributed by atoms with Crippen molar-refractivity contribution in [1.82, 2.24) is 4.57 Å². The fourth-order valence-corrected chi connectivity index (χ4v) is 8.49. The van der Waals surface area contributed by atoms with Gasteiger partial charge in [0.25, 0.3) is 0 Å². The van der Waals surface area contributed by atoms with Gasteiger partial charge in [-0.25, -0.2) is 0 Å². The molecule has 0 saturated carbocycles. The number of hydrogen-bond donors (Lipinski definition) is 0. The van der Waals surface area contributed by atoms with E-state index < -0.39 is 0 Å². The quantitative estimate of drug-likeness (QED) is 0.149. The van der Waals surface area contributed by atoms with E-state index in [0.29, 0.717) is 11.3 Å². The summed E-state index contributed by atoms with van der Waals surface area (Å²) in [4.78, 5) is 1.89. The molecule has 10 aromatic carbocycles. The van der Waals surface area contributed by atoms with Crippen LogP contribution < -0.4 is 4.90 Å². The highest BCUT2D eigenvalue weighted by Crippen LogP contribution is 2.43. The minimum Gasteiger partial charge on any atom is -0.310 e. The van der Waals surface area contributed by atoms with Crippen LogP contribution in [0.15, 0.2) is 243 Å². The highest BCUT2D eigenvalue weighted by atomic mass is 15.1. The fraction of sp³-hybridized carbons (Fsp3) is 0. The van der Waals surface area contributed by atoms with Gasteiger partial charge in [-0.1, -0.05) is 182 Å². The zero-order valence-electron chi connectivity index (χ0n) is 36.7. The zero-order chi connectivity index (χ0) is 43.3. The van der Waals surface area contributed by atoms with E-state index in [2.05, 4.69) is 102 Å². The molecule has 1 aromatic heterocycles. The largest absolute Gasteiger partial charge is 0.310 e. The van der Waals surface area contributed by atoms with Gasteiger partial charge in [0.1, 0.15) is 0 Å². The molecule has 11 aromatic rings. The van der Waals surface area contributed by atoms with Gasteiger partial charge in [-0.15, -0.1) is 0 Å². The number of nitrogens with zero attached hydrogens (tertiary/aromatic N) is 2. The summed E-state index contributed by atoms with van der Waals surface area (Å²) < 4.78 is 41.1. The zero-order valence-corrected chi connectivity index (χ0v) is 32.7. The molecule has 0 radical (unpaired) electrons. The van der Waals surface area contributed by atoms with Crippen LogP contribution in [0.5, 0.6) is 0 Å². The van der Waals surface area contributed by atoms with Gasteiger partial charge in [-0.2, -0.15) is 0 Å². The van der Waals surface area contributed by atoms with Gasteiger partial charge >= 0.3 is 0 Å². The molecule has 0 fully saturated rings. The number of aromatic nitrogens is 1. The predicted octanol–water partition coefficient (Wildman–Crippen LogP) is 16.1. The SMILES string of the molecule is [2H]c1c([2H])c(N(c2ccc(-c3ccccc3)cc2)c2ccccc2-c2ccc(-c3ccccc3)cc2)c([2H])c([2H])c1-c1ccc2c(c1)c1ccccc1n2-c1ccc2ccccc2c1. The summed E-state index contributed by atoms with van der Waals surface area (Å²) in [6.45, 7) is 0. The molecule has 0 aliphatic heterocycles. The maximum atomic E-state index is 9.77. The Morgan fingerprint density at radius 2 is 0.883 bits per heavy atom. The standard InChI is InChI=1S/C58H40N2/c1-3-13-41(14-4-1)44-23-25-47(26-24-44)53-19-9-11-21-56(53)59(50-33-27-45(28-34-50)42-15-5-2-6-16-42)51-35-29-46(30-36-51)49-32-38-58-55(40-49)54-20-10-12-22-57(54)60(58)52-37-31-43-17-7-8-18-48(43)39-52/h1-40H/i29D,30D,35D,36D. The lowest BCUT2D eigenvalue weighted by Gasteiger charge is -2.28. The van der Waals surface area contributed by atoms with Gasteiger partial charge < -0.3 is 9.47 Å². The molecule has 2 heteroatoms. The van der Waals surface area contributed by atoms with Crippen molar-refractivity contribution >= 4 is 49.6 Å². The maximum absolute atomic E-state index is 9.77. The molecule has 0 unspecified atom stereocenters. The number of fused-ring (bicyclic) bond motifs is 4. The highest BCUT2D eigenvalue weighted by Gasteiger charge is 2.19. The Hall–Kier alpha value is -7.94. The van der Waals surface area contributed by atoms with Gasteiger partial charge in [-0.05, 0) is 110 Å². The third-order valence-corrected chi connectivity index (χ3v) is 11.5. The van der Waals surface area contributed by atoms with Crippen molar-refractivity contribution in [2.45, 2.75) is 0 Å². The molecule has 0 spiro atoms. The van der Waals surface area contributed by atoms with Crippen LogP contribution in [0.1, 0.15) is 5.48 Å². The van der Waals surface area contributed by atoms with E-state index in [4.69, 9.17) is 0 Å². The number of rotatable bonds is 8. The van der Waals surface area contributed by atoms with Crippen molar-refractivity contribution in [3.8, 4) is 50.2 Å². The molecular formula is C58H40N2. The summed E-state index contributed by atoms with van der Waals surface area (Å²) in [6, 6.07) is 73.6. The number of para-hydroxylation sites is 2. The van der Waals surface area contributed by atoms with Gasteiger partial charge in [0, 0.05) is 33.4 Å². The van der Waals surface area contributed by atoms with Crippen LogP contribution in [-0.2, 0) is 0 Å². The summed E-state index contributed by atoms with van der Waals surface area (Å²) in [5.41, 5.74) is 11.8. The average molecular weight is 769 g/mol. The van der Waals surface area contributed by atoms with Crippen molar-refractivity contribution in [2.24, 2.45) is 0 Å². The van der Waals surface area contributed by atoms with E-state index in [9.17, 15) is 5.48 Å². The topological polar surface area (TPSA) is 8.17 Å². The third-order valence-electron chi connectivity index (χ3n) is 11.5. The Bertz CT molecular complexity index is 3500. The van der Waals surface area contributed by atoms with Gasteiger partial charge in [-0.3, -0.25) is 0 Å². The van der Waals surface area contributed by atoms with Gasteiger partial charge in [0.05, 0.1) is 22.2 Å². The predicted molar refractivity (Wildman–Crippen MR) is 255 cm³/mol. The van der Waals surface area contributed by atoms with Crippen molar-refractivity contribution in [3.05, 3.63) is 243 Å². The van der Waals surface area contributed by atoms with Crippen LogP contribution in [0.4, 0.5) is 17.1 Å². The molecule has 0 aliphatic rings. The number of anilines is 3. The van der Waals surface area contributed by atoms with Gasteiger partial charge in [0.2, 0.25) is 0 Å². The molecule has 11 rings (SSSR count). The highest BCUT2D eigenvalue weighted by molar-refractivity contribution is 6.10. The van der Waals surface area contributed by atoms with Crippen LogP contribution >= 0.6 is 0 Å². The summed E-state index contributed by atoms with van der Waals surface area (Å²) in [6.07, 6.45) is 0. The Morgan fingerprint density at radius 1 is 0.333 bits per heavy atom. The maximum Gasteiger partial charge on any atom is 0.0645 e. The van der Waals surface area contributed by atoms with Crippen LogP contribution in [0, 0.1) is 0 Å². The Labute approximate surface area is 356 Å². The third kappa shape index (κ3) is 6.41. The first kappa shape index (κ1) is 31.1. The fourth-order valence-electron chi connectivity index (χ4n) is 8.49. The minimum atomic E-state index is -0.129. The molecular weight excluding hydrogens is 725 g/mol. The molecule has 0 saturated heterocycles. The van der Waals surface area contributed by atoms with E-state index in [1.54, 1.807) is 0 Å². The summed E-state index contributed by atoms with van der Waals surface area (Å²) >= 11 is 0. The smallest absolute Gasteiger partial charge is 0.0645 e. The van der Waals surface area contributed by atoms with Gasteiger partial charge in [0.15, 0.2) is 0 Å². The second kappa shape index (κ2) is 15.1. The van der Waals surface area contributed by atoms with Crippen molar-refractivity contribution in [3.63, 3.8) is 0 Å². The Balaban J connectivity index is 1.07. The molecule has 0 N–H and O–H groups in total. The first-order chi connectivity index (χ1) is 31.4. The second-order valence-corrected chi connectivity index (χ2v) is 15.0. The number of benzene rings is 10. The lowest BCUT2D eigenvalue weighted by molar-refractivity contribution is 1.19. The molecule has 282 valence electrons. The van der Waals surface area contributed by atoms with E-state index >= 15 is 0 Å². The number of hydrogen-bond acceptors (Lipinski definition) is 1. The molecule has 0 bridgehead atoms. The van der Waals surface area contributed by atoms with E-state index in [-0.39, 0.29) is 35.4 Å². The first-order valence-corrected chi connectivity index (χ1v) is 20.3. The van der Waals surface area contributed by atoms with Crippen LogP contribution in [0.2, 0.25) is 0 Å². The monoisotopic (exact) mass is 768 g/mol. The Kier molecular flexibility index (Phi) is 7.83. The lowest BCUT2D eigenvalue weighted by Crippen LogP contribution is -2.11. The Morgan fingerprint density at radius 3 is 1.62 bits per heavy atom.